The first-order chi connectivity index (χ1) is 20.1. The summed E-state index contributed by atoms with van der Waals surface area (Å²) < 4.78 is 69.2. The van der Waals surface area contributed by atoms with E-state index in [0.717, 1.165) is 35.7 Å². The number of halogens is 3. The average Bonchev–Trinajstić information content (AvgIpc) is 2.95. The number of benzene rings is 3. The van der Waals surface area contributed by atoms with Crippen LogP contribution in [0.2, 0.25) is 0 Å². The van der Waals surface area contributed by atoms with Gasteiger partial charge in [0.2, 0.25) is 10.0 Å². The number of sulfonamides is 1. The third-order valence-electron chi connectivity index (χ3n) is 7.22. The van der Waals surface area contributed by atoms with Gasteiger partial charge in [0.05, 0.1) is 16.6 Å². The van der Waals surface area contributed by atoms with Crippen molar-refractivity contribution < 1.29 is 36.6 Å². The van der Waals surface area contributed by atoms with Gasteiger partial charge in [0.15, 0.2) is 0 Å². The van der Waals surface area contributed by atoms with Gasteiger partial charge < -0.3 is 15.5 Å². The Bertz CT molecular complexity index is 1480. The number of alkyl halides is 3. The summed E-state index contributed by atoms with van der Waals surface area (Å²) in [6, 6.07) is 19.0. The van der Waals surface area contributed by atoms with Gasteiger partial charge in [0.25, 0.3) is 0 Å². The van der Waals surface area contributed by atoms with E-state index in [-0.39, 0.29) is 37.0 Å². The van der Waals surface area contributed by atoms with Crippen LogP contribution in [0.25, 0.3) is 11.1 Å². The molecule has 43 heavy (non-hydrogen) atoms. The zero-order chi connectivity index (χ0) is 31.8. The number of aliphatic hydroxyl groups is 1. The Hall–Kier alpha value is -3.25. The molecule has 7 nitrogen and oxygen atoms in total. The second-order valence-corrected chi connectivity index (χ2v) is 13.4. The summed E-state index contributed by atoms with van der Waals surface area (Å²) in [5, 5.41) is 22.9. The van der Waals surface area contributed by atoms with Crippen molar-refractivity contribution in [3.05, 3.63) is 89.5 Å². The number of nitrogens with zero attached hydrogens (tertiary/aromatic N) is 1. The lowest BCUT2D eigenvalue weighted by Gasteiger charge is -2.29. The minimum Gasteiger partial charge on any atom is -0.481 e. The number of β-amino-alcohol motifs (C(OH)–C–C–N with tert-alkyl or cyclic N) is 1. The summed E-state index contributed by atoms with van der Waals surface area (Å²) in [5.74, 6) is -1.01. The first kappa shape index (κ1) is 34.2. The predicted octanol–water partition coefficient (Wildman–Crippen LogP) is 5.76. The number of likely N-dealkylation sites (N-methyl/N-ethyl adjacent to an activating group) is 1. The lowest BCUT2D eigenvalue weighted by atomic mass is 9.95. The van der Waals surface area contributed by atoms with E-state index in [2.05, 4.69) is 17.4 Å². The van der Waals surface area contributed by atoms with Gasteiger partial charge in [0.1, 0.15) is 0 Å². The average molecular weight is 621 g/mol. The van der Waals surface area contributed by atoms with Gasteiger partial charge in [-0.3, -0.25) is 4.79 Å². The second-order valence-electron chi connectivity index (χ2n) is 11.4. The number of carbonyl (C=O) groups is 1. The first-order valence-electron chi connectivity index (χ1n) is 14.0. The van der Waals surface area contributed by atoms with E-state index in [1.165, 1.54) is 18.7 Å². The first-order valence-corrected chi connectivity index (χ1v) is 15.5. The molecular formula is C32H39F3N2O5S. The summed E-state index contributed by atoms with van der Waals surface area (Å²) in [4.78, 5) is 10.4. The largest absolute Gasteiger partial charge is 0.481 e. The van der Waals surface area contributed by atoms with Crippen LogP contribution in [0.3, 0.4) is 0 Å². The highest BCUT2D eigenvalue weighted by Gasteiger charge is 2.34. The van der Waals surface area contributed by atoms with Gasteiger partial charge in [-0.25, -0.2) is 8.42 Å². The number of carboxylic acid groups (broad SMARTS) is 1. The lowest BCUT2D eigenvalue weighted by Crippen LogP contribution is -2.46. The molecule has 0 radical (unpaired) electrons. The lowest BCUT2D eigenvalue weighted by molar-refractivity contribution is -0.138. The Labute approximate surface area is 251 Å². The molecule has 3 aromatic rings. The zero-order valence-electron chi connectivity index (χ0n) is 24.6. The number of hydrogen-bond donors (Lipinski definition) is 3. The minimum atomic E-state index is -4.81. The summed E-state index contributed by atoms with van der Waals surface area (Å²) in [7, 11) is -3.19. The van der Waals surface area contributed by atoms with Crippen LogP contribution >= 0.6 is 0 Å². The van der Waals surface area contributed by atoms with E-state index < -0.39 is 38.7 Å². The van der Waals surface area contributed by atoms with Gasteiger partial charge in [-0.2, -0.15) is 17.5 Å². The molecule has 0 fully saturated rings. The molecule has 0 saturated heterocycles. The number of aliphatic carboxylic acids is 1. The molecule has 0 saturated carbocycles. The zero-order valence-corrected chi connectivity index (χ0v) is 25.4. The summed E-state index contributed by atoms with van der Waals surface area (Å²) in [5.41, 5.74) is 0.714. The molecule has 1 atom stereocenters. The SMILES string of the molecule is CN(CC(O)CNC(C)(C)CCCc1ccccc1)S(=O)(=O)c1cc(-c2cccc(CCC(=O)O)c2)cc(C(F)(F)F)c1. The molecule has 0 aromatic heterocycles. The molecule has 11 heteroatoms. The van der Waals surface area contributed by atoms with Crippen molar-refractivity contribution in [2.45, 2.75) is 68.7 Å². The van der Waals surface area contributed by atoms with Crippen LogP contribution in [0, 0.1) is 0 Å². The van der Waals surface area contributed by atoms with Crippen LogP contribution in [0.1, 0.15) is 49.8 Å². The van der Waals surface area contributed by atoms with E-state index in [0.29, 0.717) is 17.2 Å². The number of aliphatic hydroxyl groups excluding tert-OH is 1. The molecule has 0 aliphatic carbocycles. The fraction of sp³-hybridized carbons (Fsp3) is 0.406. The highest BCUT2D eigenvalue weighted by atomic mass is 32.2. The number of aryl methyl sites for hydroxylation is 2. The molecule has 0 heterocycles. The predicted molar refractivity (Wildman–Crippen MR) is 160 cm³/mol. The molecule has 3 aromatic carbocycles. The summed E-state index contributed by atoms with van der Waals surface area (Å²) >= 11 is 0. The Morgan fingerprint density at radius 3 is 2.26 bits per heavy atom. The highest BCUT2D eigenvalue weighted by Crippen LogP contribution is 2.35. The molecule has 0 spiro atoms. The van der Waals surface area contributed by atoms with Crippen molar-refractivity contribution in [2.24, 2.45) is 0 Å². The number of nitrogens with one attached hydrogen (secondary N) is 1. The van der Waals surface area contributed by atoms with Gasteiger partial charge in [-0.15, -0.1) is 0 Å². The highest BCUT2D eigenvalue weighted by molar-refractivity contribution is 7.89. The Morgan fingerprint density at radius 1 is 0.930 bits per heavy atom. The summed E-state index contributed by atoms with van der Waals surface area (Å²) in [6.45, 7) is 3.75. The number of hydrogen-bond acceptors (Lipinski definition) is 5. The Balaban J connectivity index is 1.72. The van der Waals surface area contributed by atoms with Gasteiger partial charge >= 0.3 is 12.1 Å². The quantitative estimate of drug-likeness (QED) is 0.200. The smallest absolute Gasteiger partial charge is 0.416 e. The maximum Gasteiger partial charge on any atom is 0.416 e. The number of carboxylic acids is 1. The van der Waals surface area contributed by atoms with E-state index >= 15 is 0 Å². The van der Waals surface area contributed by atoms with Crippen LogP contribution in [0.15, 0.2) is 77.7 Å². The van der Waals surface area contributed by atoms with Crippen molar-refractivity contribution in [2.75, 3.05) is 20.1 Å². The standard InChI is InChI=1S/C32H39F3N2O5S/c1-31(2,16-8-12-23-9-5-4-6-10-23)36-21-28(38)22-37(3)43(41,42)29-19-26(18-27(20-29)32(33,34)35)25-13-7-11-24(17-25)14-15-30(39)40/h4-7,9-11,13,17-20,28,36,38H,8,12,14-16,21-22H2,1-3H3,(H,39,40). The molecule has 3 N–H and O–H groups in total. The van der Waals surface area contributed by atoms with Crippen molar-refractivity contribution in [3.8, 4) is 11.1 Å². The van der Waals surface area contributed by atoms with Crippen molar-refractivity contribution >= 4 is 16.0 Å². The van der Waals surface area contributed by atoms with Crippen molar-refractivity contribution in [1.29, 1.82) is 0 Å². The molecule has 0 amide bonds. The Kier molecular flexibility index (Phi) is 11.5. The van der Waals surface area contributed by atoms with Crippen LogP contribution in [0.4, 0.5) is 13.2 Å². The molecule has 234 valence electrons. The fourth-order valence-electron chi connectivity index (χ4n) is 4.74. The van der Waals surface area contributed by atoms with E-state index in [4.69, 9.17) is 5.11 Å². The third kappa shape index (κ3) is 10.5. The van der Waals surface area contributed by atoms with E-state index in [1.54, 1.807) is 18.2 Å². The minimum absolute atomic E-state index is 0.0263. The van der Waals surface area contributed by atoms with Gasteiger partial charge in [0, 0.05) is 32.1 Å². The third-order valence-corrected chi connectivity index (χ3v) is 9.03. The van der Waals surface area contributed by atoms with Gasteiger partial charge in [-0.05, 0) is 80.0 Å². The molecule has 0 aliphatic rings. The molecular weight excluding hydrogens is 581 g/mol. The monoisotopic (exact) mass is 620 g/mol. The van der Waals surface area contributed by atoms with Crippen LogP contribution in [-0.2, 0) is 33.8 Å². The maximum absolute atomic E-state index is 13.8. The Morgan fingerprint density at radius 2 is 1.60 bits per heavy atom. The summed E-state index contributed by atoms with van der Waals surface area (Å²) in [6.07, 6.45) is -3.27. The number of rotatable bonds is 15. The molecule has 1 unspecified atom stereocenters. The van der Waals surface area contributed by atoms with Crippen LogP contribution in [-0.4, -0.2) is 60.7 Å². The fourth-order valence-corrected chi connectivity index (χ4v) is 6.02. The van der Waals surface area contributed by atoms with E-state index in [1.807, 2.05) is 32.0 Å². The maximum atomic E-state index is 13.8. The van der Waals surface area contributed by atoms with Crippen molar-refractivity contribution in [3.63, 3.8) is 0 Å². The normalized spacial score (nSPS) is 13.3. The second kappa shape index (κ2) is 14.5. The molecule has 0 aliphatic heterocycles. The molecule has 3 rings (SSSR count). The topological polar surface area (TPSA) is 107 Å². The molecule has 0 bridgehead atoms. The van der Waals surface area contributed by atoms with Crippen LogP contribution < -0.4 is 5.32 Å². The van der Waals surface area contributed by atoms with Crippen molar-refractivity contribution in [1.82, 2.24) is 9.62 Å². The van der Waals surface area contributed by atoms with Gasteiger partial charge in [-0.1, -0.05) is 54.6 Å². The van der Waals surface area contributed by atoms with Crippen LogP contribution in [0.5, 0.6) is 0 Å². The van der Waals surface area contributed by atoms with E-state index in [9.17, 15) is 31.5 Å².